The van der Waals surface area contributed by atoms with Crippen molar-refractivity contribution in [1.82, 2.24) is 5.32 Å². The van der Waals surface area contributed by atoms with Crippen molar-refractivity contribution in [2.75, 3.05) is 20.7 Å². The highest BCUT2D eigenvalue weighted by Crippen LogP contribution is 2.35. The van der Waals surface area contributed by atoms with E-state index in [1.807, 2.05) is 0 Å². The highest BCUT2D eigenvalue weighted by atomic mass is 16.5. The van der Waals surface area contributed by atoms with E-state index in [1.165, 1.54) is 7.11 Å². The second-order valence-corrected chi connectivity index (χ2v) is 3.42. The average Bonchev–Trinajstić information content (AvgIpc) is 2.22. The smallest absolute Gasteiger partial charge is 0.128 e. The van der Waals surface area contributed by atoms with E-state index in [2.05, 4.69) is 5.32 Å². The van der Waals surface area contributed by atoms with Crippen LogP contribution >= 0.6 is 0 Å². The summed E-state index contributed by atoms with van der Waals surface area (Å²) in [7, 11) is 3.25. The summed E-state index contributed by atoms with van der Waals surface area (Å²) in [5.74, 6) is 0.595. The van der Waals surface area contributed by atoms with Crippen LogP contribution in [0, 0.1) is 6.92 Å². The molecule has 1 aromatic rings. The summed E-state index contributed by atoms with van der Waals surface area (Å²) in [6, 6.07) is 3.49. The monoisotopic (exact) mass is 211 g/mol. The fraction of sp³-hybridized carbons (Fsp3) is 0.455. The van der Waals surface area contributed by atoms with Crippen molar-refractivity contribution in [2.45, 2.75) is 13.0 Å². The Balaban J connectivity index is 3.17. The van der Waals surface area contributed by atoms with Gasteiger partial charge in [0.15, 0.2) is 0 Å². The molecule has 0 aliphatic rings. The van der Waals surface area contributed by atoms with Gasteiger partial charge in [0.2, 0.25) is 0 Å². The number of ether oxygens (including phenoxy) is 1. The average molecular weight is 211 g/mol. The van der Waals surface area contributed by atoms with Crippen LogP contribution in [0.2, 0.25) is 0 Å². The van der Waals surface area contributed by atoms with Crippen LogP contribution in [-0.2, 0) is 0 Å². The highest BCUT2D eigenvalue weighted by Gasteiger charge is 2.18. The standard InChI is InChI=1S/C11H17NO3/c1-7-4-5-9(15-3)10(11(7)14)8(13)6-12-2/h4-5,8,12-14H,6H2,1-3H3. The van der Waals surface area contributed by atoms with Crippen molar-refractivity contribution in [1.29, 1.82) is 0 Å². The van der Waals surface area contributed by atoms with Crippen molar-refractivity contribution in [3.05, 3.63) is 23.3 Å². The molecule has 0 fully saturated rings. The molecule has 1 atom stereocenters. The summed E-state index contributed by atoms with van der Waals surface area (Å²) >= 11 is 0. The Morgan fingerprint density at radius 2 is 2.13 bits per heavy atom. The van der Waals surface area contributed by atoms with Gasteiger partial charge >= 0.3 is 0 Å². The molecule has 0 bridgehead atoms. The third-order valence-electron chi connectivity index (χ3n) is 2.33. The number of hydrogen-bond acceptors (Lipinski definition) is 4. The molecule has 0 heterocycles. The summed E-state index contributed by atoms with van der Waals surface area (Å²) in [5, 5.41) is 22.5. The highest BCUT2D eigenvalue weighted by molar-refractivity contribution is 5.50. The number of phenolic OH excluding ortho intramolecular Hbond substituents is 1. The predicted molar refractivity (Wildman–Crippen MR) is 58.3 cm³/mol. The molecule has 15 heavy (non-hydrogen) atoms. The Morgan fingerprint density at radius 3 is 2.67 bits per heavy atom. The number of phenols is 1. The lowest BCUT2D eigenvalue weighted by Gasteiger charge is -2.17. The maximum Gasteiger partial charge on any atom is 0.128 e. The second kappa shape index (κ2) is 5.00. The van der Waals surface area contributed by atoms with E-state index < -0.39 is 6.10 Å². The second-order valence-electron chi connectivity index (χ2n) is 3.42. The van der Waals surface area contributed by atoms with Crippen LogP contribution in [0.5, 0.6) is 11.5 Å². The van der Waals surface area contributed by atoms with Crippen LogP contribution < -0.4 is 10.1 Å². The molecule has 0 aliphatic carbocycles. The first-order chi connectivity index (χ1) is 7.11. The summed E-state index contributed by atoms with van der Waals surface area (Å²) in [6.07, 6.45) is -0.773. The molecule has 1 rings (SSSR count). The Labute approximate surface area is 89.5 Å². The Bertz CT molecular complexity index is 339. The van der Waals surface area contributed by atoms with Gasteiger partial charge < -0.3 is 20.3 Å². The van der Waals surface area contributed by atoms with Gasteiger partial charge in [-0.05, 0) is 25.6 Å². The number of aromatic hydroxyl groups is 1. The minimum absolute atomic E-state index is 0.0945. The van der Waals surface area contributed by atoms with E-state index in [0.29, 0.717) is 17.9 Å². The van der Waals surface area contributed by atoms with Gasteiger partial charge in [0.25, 0.3) is 0 Å². The van der Waals surface area contributed by atoms with E-state index >= 15 is 0 Å². The normalized spacial score (nSPS) is 12.5. The van der Waals surface area contributed by atoms with Crippen LogP contribution in [0.4, 0.5) is 0 Å². The number of aryl methyl sites for hydroxylation is 1. The molecule has 4 heteroatoms. The maximum atomic E-state index is 9.84. The number of aliphatic hydroxyl groups excluding tert-OH is 1. The molecule has 0 saturated heterocycles. The number of nitrogens with one attached hydrogen (secondary N) is 1. The number of methoxy groups -OCH3 is 1. The van der Waals surface area contributed by atoms with Gasteiger partial charge in [0.05, 0.1) is 18.8 Å². The van der Waals surface area contributed by atoms with Gasteiger partial charge in [-0.15, -0.1) is 0 Å². The molecule has 84 valence electrons. The van der Waals surface area contributed by atoms with E-state index in [4.69, 9.17) is 4.74 Å². The Hall–Kier alpha value is -1.26. The number of hydrogen-bond donors (Lipinski definition) is 3. The van der Waals surface area contributed by atoms with Crippen LogP contribution in [0.15, 0.2) is 12.1 Å². The first-order valence-corrected chi connectivity index (χ1v) is 4.81. The van der Waals surface area contributed by atoms with E-state index in [0.717, 1.165) is 5.56 Å². The zero-order chi connectivity index (χ0) is 11.4. The number of likely N-dealkylation sites (N-methyl/N-ethyl adjacent to an activating group) is 1. The molecule has 0 aromatic heterocycles. The van der Waals surface area contributed by atoms with Gasteiger partial charge in [0, 0.05) is 6.54 Å². The minimum atomic E-state index is -0.773. The lowest BCUT2D eigenvalue weighted by molar-refractivity contribution is 0.169. The number of benzene rings is 1. The number of rotatable bonds is 4. The van der Waals surface area contributed by atoms with Crippen molar-refractivity contribution in [2.24, 2.45) is 0 Å². The van der Waals surface area contributed by atoms with Gasteiger partial charge in [-0.3, -0.25) is 0 Å². The summed E-state index contributed by atoms with van der Waals surface area (Å²) < 4.78 is 5.10. The Kier molecular flexibility index (Phi) is 3.94. The van der Waals surface area contributed by atoms with Gasteiger partial charge in [-0.2, -0.15) is 0 Å². The first kappa shape index (κ1) is 11.8. The summed E-state index contributed by atoms with van der Waals surface area (Å²) in [4.78, 5) is 0. The Morgan fingerprint density at radius 1 is 1.47 bits per heavy atom. The molecule has 1 unspecified atom stereocenters. The van der Waals surface area contributed by atoms with E-state index in [-0.39, 0.29) is 5.75 Å². The lowest BCUT2D eigenvalue weighted by atomic mass is 10.0. The molecule has 0 spiro atoms. The topological polar surface area (TPSA) is 61.7 Å². The third-order valence-corrected chi connectivity index (χ3v) is 2.33. The number of aliphatic hydroxyl groups is 1. The van der Waals surface area contributed by atoms with E-state index in [9.17, 15) is 10.2 Å². The molecular formula is C11H17NO3. The third kappa shape index (κ3) is 2.40. The zero-order valence-electron chi connectivity index (χ0n) is 9.24. The van der Waals surface area contributed by atoms with Crippen molar-refractivity contribution >= 4 is 0 Å². The quantitative estimate of drug-likeness (QED) is 0.694. The lowest BCUT2D eigenvalue weighted by Crippen LogP contribution is -2.17. The fourth-order valence-electron chi connectivity index (χ4n) is 1.49. The minimum Gasteiger partial charge on any atom is -0.507 e. The molecule has 0 aliphatic heterocycles. The molecular weight excluding hydrogens is 194 g/mol. The first-order valence-electron chi connectivity index (χ1n) is 4.81. The molecule has 1 aromatic carbocycles. The van der Waals surface area contributed by atoms with Gasteiger partial charge in [-0.1, -0.05) is 6.07 Å². The van der Waals surface area contributed by atoms with Crippen LogP contribution in [-0.4, -0.2) is 30.9 Å². The largest absolute Gasteiger partial charge is 0.507 e. The maximum absolute atomic E-state index is 9.84. The van der Waals surface area contributed by atoms with Crippen molar-refractivity contribution in [3.8, 4) is 11.5 Å². The molecule has 3 N–H and O–H groups in total. The van der Waals surface area contributed by atoms with Crippen LogP contribution in [0.1, 0.15) is 17.2 Å². The van der Waals surface area contributed by atoms with Crippen molar-refractivity contribution < 1.29 is 14.9 Å². The summed E-state index contributed by atoms with van der Waals surface area (Å²) in [5.41, 5.74) is 1.16. The molecule has 0 amide bonds. The fourth-order valence-corrected chi connectivity index (χ4v) is 1.49. The van der Waals surface area contributed by atoms with Gasteiger partial charge in [0.1, 0.15) is 11.5 Å². The SMILES string of the molecule is CNCC(O)c1c(OC)ccc(C)c1O. The van der Waals surface area contributed by atoms with E-state index in [1.54, 1.807) is 26.1 Å². The van der Waals surface area contributed by atoms with Crippen molar-refractivity contribution in [3.63, 3.8) is 0 Å². The predicted octanol–water partition coefficient (Wildman–Crippen LogP) is 0.962. The van der Waals surface area contributed by atoms with Crippen LogP contribution in [0.3, 0.4) is 0 Å². The summed E-state index contributed by atoms with van der Waals surface area (Å²) in [6.45, 7) is 2.15. The molecule has 4 nitrogen and oxygen atoms in total. The van der Waals surface area contributed by atoms with Gasteiger partial charge in [-0.25, -0.2) is 0 Å². The van der Waals surface area contributed by atoms with Crippen LogP contribution in [0.25, 0.3) is 0 Å². The zero-order valence-corrected chi connectivity index (χ0v) is 9.24. The molecule has 0 radical (unpaired) electrons. The molecule has 0 saturated carbocycles.